The van der Waals surface area contributed by atoms with Crippen LogP contribution < -0.4 is 14.9 Å². The highest BCUT2D eigenvalue weighted by molar-refractivity contribution is 7.99. The van der Waals surface area contributed by atoms with E-state index in [0.717, 1.165) is 54.4 Å². The minimum Gasteiger partial charge on any atom is -0.381 e. The standard InChI is InChI=1S/C44H47ClF3N5O3S2/c1-31-27-39(28-41(44(46,47)48)42(31)49-36(21-22-51(2)3)30-57-38-10-5-4-6-11-38)58(55,56)50-43(54)33-15-19-37(20-16-33)53-25-23-52(24-26-53)29-34-9-7-8-12-40(34)32-13-17-35(45)18-14-32/h4-20,27-28,36,49H,21-26,29-30H2,1-3H3,(H,50,54)/t36-/m1/s1. The van der Waals surface area contributed by atoms with Crippen LogP contribution in [0.15, 0.2) is 125 Å². The topological polar surface area (TPSA) is 85.0 Å². The van der Waals surface area contributed by atoms with Gasteiger partial charge in [0.05, 0.1) is 10.5 Å². The molecular weight excluding hydrogens is 803 g/mol. The molecule has 1 aliphatic heterocycles. The van der Waals surface area contributed by atoms with Crippen LogP contribution in [-0.2, 0) is 22.7 Å². The Morgan fingerprint density at radius 2 is 1.53 bits per heavy atom. The van der Waals surface area contributed by atoms with Gasteiger partial charge in [0.1, 0.15) is 0 Å². The molecule has 1 atom stereocenters. The summed E-state index contributed by atoms with van der Waals surface area (Å²) in [5, 5.41) is 3.78. The number of hydrogen-bond donors (Lipinski definition) is 2. The molecule has 14 heteroatoms. The molecule has 1 heterocycles. The maximum atomic E-state index is 14.6. The van der Waals surface area contributed by atoms with Gasteiger partial charge in [-0.1, -0.05) is 66.2 Å². The van der Waals surface area contributed by atoms with Crippen molar-refractivity contribution in [1.82, 2.24) is 14.5 Å². The normalized spacial score (nSPS) is 14.4. The Bertz CT molecular complexity index is 2270. The van der Waals surface area contributed by atoms with Crippen LogP contribution in [0.1, 0.15) is 33.5 Å². The van der Waals surface area contributed by atoms with Crippen LogP contribution in [0.5, 0.6) is 0 Å². The van der Waals surface area contributed by atoms with Gasteiger partial charge in [-0.05, 0) is 117 Å². The SMILES string of the molecule is Cc1cc(S(=O)(=O)NC(=O)c2ccc(N3CCN(Cc4ccccc4-c4ccc(Cl)cc4)CC3)cc2)cc(C(F)(F)F)c1N[C@H](CCN(C)C)CSc1ccccc1. The Morgan fingerprint density at radius 3 is 2.19 bits per heavy atom. The second-order valence-corrected chi connectivity index (χ2v) is 17.8. The molecule has 0 aliphatic carbocycles. The second-order valence-electron chi connectivity index (χ2n) is 14.6. The van der Waals surface area contributed by atoms with Gasteiger partial charge in [-0.3, -0.25) is 9.69 Å². The molecule has 2 N–H and O–H groups in total. The molecule has 5 aromatic rings. The van der Waals surface area contributed by atoms with Gasteiger partial charge in [-0.2, -0.15) is 13.2 Å². The maximum Gasteiger partial charge on any atom is 0.418 e. The van der Waals surface area contributed by atoms with Gasteiger partial charge in [-0.25, -0.2) is 13.1 Å². The first-order chi connectivity index (χ1) is 27.7. The number of nitrogens with one attached hydrogen (secondary N) is 2. The first kappa shape index (κ1) is 43.1. The van der Waals surface area contributed by atoms with Crippen LogP contribution in [0.3, 0.4) is 0 Å². The van der Waals surface area contributed by atoms with E-state index in [0.29, 0.717) is 29.8 Å². The van der Waals surface area contributed by atoms with E-state index in [1.165, 1.54) is 42.4 Å². The minimum absolute atomic E-state index is 0.0653. The molecule has 5 aromatic carbocycles. The minimum atomic E-state index is -4.87. The first-order valence-electron chi connectivity index (χ1n) is 19.0. The molecular formula is C44H47ClF3N5O3S2. The van der Waals surface area contributed by atoms with E-state index in [2.05, 4.69) is 27.2 Å². The Labute approximate surface area is 348 Å². The molecule has 0 saturated carbocycles. The highest BCUT2D eigenvalue weighted by Crippen LogP contribution is 2.39. The fraction of sp³-hybridized carbons (Fsp3) is 0.295. The van der Waals surface area contributed by atoms with Crippen molar-refractivity contribution in [3.8, 4) is 11.1 Å². The Morgan fingerprint density at radius 1 is 0.879 bits per heavy atom. The predicted molar refractivity (Wildman–Crippen MR) is 229 cm³/mol. The molecule has 0 bridgehead atoms. The van der Waals surface area contributed by atoms with Crippen molar-refractivity contribution in [2.75, 3.05) is 62.8 Å². The second kappa shape index (κ2) is 19.0. The van der Waals surface area contributed by atoms with Crippen LogP contribution in [0, 0.1) is 6.92 Å². The third-order valence-corrected chi connectivity index (χ3v) is 12.8. The largest absolute Gasteiger partial charge is 0.418 e. The molecule has 0 spiro atoms. The molecule has 1 saturated heterocycles. The average Bonchev–Trinajstić information content (AvgIpc) is 3.20. The number of carbonyl (C=O) groups excluding carboxylic acids is 1. The van der Waals surface area contributed by atoms with Gasteiger partial charge < -0.3 is 15.1 Å². The molecule has 8 nitrogen and oxygen atoms in total. The lowest BCUT2D eigenvalue weighted by molar-refractivity contribution is -0.137. The number of anilines is 2. The zero-order chi connectivity index (χ0) is 41.5. The van der Waals surface area contributed by atoms with Crippen LogP contribution in [0.25, 0.3) is 11.1 Å². The average molecular weight is 850 g/mol. The lowest BCUT2D eigenvalue weighted by Crippen LogP contribution is -2.46. The summed E-state index contributed by atoms with van der Waals surface area (Å²) in [6, 6.07) is 33.7. The van der Waals surface area contributed by atoms with E-state index in [4.69, 9.17) is 11.6 Å². The van der Waals surface area contributed by atoms with Gasteiger partial charge >= 0.3 is 6.18 Å². The number of nitrogens with zero attached hydrogens (tertiary/aromatic N) is 3. The summed E-state index contributed by atoms with van der Waals surface area (Å²) >= 11 is 7.64. The Kier molecular flexibility index (Phi) is 14.1. The van der Waals surface area contributed by atoms with Crippen molar-refractivity contribution in [2.45, 2.75) is 41.9 Å². The number of rotatable bonds is 15. The van der Waals surface area contributed by atoms with Crippen LogP contribution >= 0.6 is 23.4 Å². The number of piperazine rings is 1. The third kappa shape index (κ3) is 11.4. The number of halogens is 4. The quantitative estimate of drug-likeness (QED) is 0.101. The number of hydrogen-bond acceptors (Lipinski definition) is 8. The van der Waals surface area contributed by atoms with Gasteiger partial charge in [0.2, 0.25) is 0 Å². The highest BCUT2D eigenvalue weighted by atomic mass is 35.5. The van der Waals surface area contributed by atoms with E-state index in [1.807, 2.05) is 90.4 Å². The molecule has 0 aromatic heterocycles. The van der Waals surface area contributed by atoms with Gasteiger partial charge in [0.25, 0.3) is 15.9 Å². The zero-order valence-electron chi connectivity index (χ0n) is 32.6. The third-order valence-electron chi connectivity index (χ3n) is 10.1. The fourth-order valence-electron chi connectivity index (χ4n) is 6.89. The summed E-state index contributed by atoms with van der Waals surface area (Å²) in [5.74, 6) is -0.452. The Balaban J connectivity index is 1.10. The number of carbonyl (C=O) groups is 1. The van der Waals surface area contributed by atoms with Crippen molar-refractivity contribution in [3.05, 3.63) is 143 Å². The monoisotopic (exact) mass is 849 g/mol. The summed E-state index contributed by atoms with van der Waals surface area (Å²) in [6.45, 7) is 5.97. The number of amides is 1. The predicted octanol–water partition coefficient (Wildman–Crippen LogP) is 9.30. The van der Waals surface area contributed by atoms with Crippen LogP contribution in [0.4, 0.5) is 24.5 Å². The molecule has 0 unspecified atom stereocenters. The first-order valence-corrected chi connectivity index (χ1v) is 21.8. The van der Waals surface area contributed by atoms with E-state index < -0.39 is 32.6 Å². The van der Waals surface area contributed by atoms with Crippen molar-refractivity contribution >= 4 is 50.7 Å². The van der Waals surface area contributed by atoms with Crippen molar-refractivity contribution in [2.24, 2.45) is 0 Å². The van der Waals surface area contributed by atoms with Crippen molar-refractivity contribution in [3.63, 3.8) is 0 Å². The van der Waals surface area contributed by atoms with E-state index >= 15 is 0 Å². The number of alkyl halides is 3. The zero-order valence-corrected chi connectivity index (χ0v) is 35.0. The van der Waals surface area contributed by atoms with Crippen molar-refractivity contribution < 1.29 is 26.4 Å². The number of benzene rings is 5. The maximum absolute atomic E-state index is 14.6. The fourth-order valence-corrected chi connectivity index (χ4v) is 9.10. The van der Waals surface area contributed by atoms with Crippen LogP contribution in [0.2, 0.25) is 5.02 Å². The number of aryl methyl sites for hydroxylation is 1. The Hall–Kier alpha value is -4.53. The highest BCUT2D eigenvalue weighted by Gasteiger charge is 2.37. The van der Waals surface area contributed by atoms with Gasteiger partial charge in [0.15, 0.2) is 0 Å². The van der Waals surface area contributed by atoms with Crippen molar-refractivity contribution in [1.29, 1.82) is 0 Å². The van der Waals surface area contributed by atoms with E-state index in [9.17, 15) is 26.4 Å². The summed E-state index contributed by atoms with van der Waals surface area (Å²) in [5.41, 5.74) is 3.23. The molecule has 0 radical (unpaired) electrons. The van der Waals surface area contributed by atoms with Gasteiger partial charge in [0, 0.05) is 71.4 Å². The van der Waals surface area contributed by atoms with Crippen LogP contribution in [-0.4, -0.2) is 82.7 Å². The van der Waals surface area contributed by atoms with Gasteiger partial charge in [-0.15, -0.1) is 11.8 Å². The lowest BCUT2D eigenvalue weighted by Gasteiger charge is -2.36. The number of sulfonamides is 1. The molecule has 306 valence electrons. The molecule has 1 fully saturated rings. The summed E-state index contributed by atoms with van der Waals surface area (Å²) < 4.78 is 72.7. The molecule has 6 rings (SSSR count). The lowest BCUT2D eigenvalue weighted by atomic mass is 9.99. The van der Waals surface area contributed by atoms with E-state index in [-0.39, 0.29) is 22.9 Å². The van der Waals surface area contributed by atoms with E-state index in [1.54, 1.807) is 12.1 Å². The summed E-state index contributed by atoms with van der Waals surface area (Å²) in [6.07, 6.45) is -4.32. The number of thioether (sulfide) groups is 1. The summed E-state index contributed by atoms with van der Waals surface area (Å²) in [4.78, 5) is 20.1. The smallest absolute Gasteiger partial charge is 0.381 e. The molecule has 58 heavy (non-hydrogen) atoms. The molecule has 1 amide bonds. The summed E-state index contributed by atoms with van der Waals surface area (Å²) in [7, 11) is -0.885. The molecule has 1 aliphatic rings.